The van der Waals surface area contributed by atoms with Crippen LogP contribution in [0.25, 0.3) is 0 Å². The lowest BCUT2D eigenvalue weighted by Gasteiger charge is -2.29. The van der Waals surface area contributed by atoms with E-state index < -0.39 is 6.10 Å². The van der Waals surface area contributed by atoms with Gasteiger partial charge in [-0.1, -0.05) is 30.3 Å². The van der Waals surface area contributed by atoms with Crippen LogP contribution in [0.4, 0.5) is 0 Å². The highest BCUT2D eigenvalue weighted by atomic mass is 16.5. The summed E-state index contributed by atoms with van der Waals surface area (Å²) in [6.45, 7) is 1.83. The summed E-state index contributed by atoms with van der Waals surface area (Å²) in [5, 5.41) is 10.4. The van der Waals surface area contributed by atoms with Gasteiger partial charge in [-0.2, -0.15) is 0 Å². The first-order chi connectivity index (χ1) is 10.5. The van der Waals surface area contributed by atoms with Crippen molar-refractivity contribution in [2.45, 2.75) is 19.1 Å². The predicted molar refractivity (Wildman–Crippen MR) is 86.0 cm³/mol. The number of ether oxygens (including phenoxy) is 1. The fourth-order valence-corrected chi connectivity index (χ4v) is 2.26. The molecule has 1 N–H and O–H groups in total. The van der Waals surface area contributed by atoms with Crippen LogP contribution in [-0.2, 0) is 0 Å². The number of carbonyl (C=O) groups excluding carboxylic acids is 1. The van der Waals surface area contributed by atoms with Crippen molar-refractivity contribution in [3.8, 4) is 5.75 Å². The number of carbonyl (C=O) groups is 1. The molecule has 0 radical (unpaired) electrons. The van der Waals surface area contributed by atoms with E-state index >= 15 is 0 Å². The minimum Gasteiger partial charge on any atom is -0.497 e. The van der Waals surface area contributed by atoms with Gasteiger partial charge in [-0.05, 0) is 36.8 Å². The van der Waals surface area contributed by atoms with E-state index in [1.807, 2.05) is 37.3 Å². The largest absolute Gasteiger partial charge is 0.497 e. The number of hydrogen-bond acceptors (Lipinski definition) is 3. The maximum absolute atomic E-state index is 12.5. The molecule has 0 spiro atoms. The van der Waals surface area contributed by atoms with E-state index in [0.29, 0.717) is 11.3 Å². The quantitative estimate of drug-likeness (QED) is 0.923. The van der Waals surface area contributed by atoms with Crippen LogP contribution in [0.15, 0.2) is 54.6 Å². The van der Waals surface area contributed by atoms with Crippen LogP contribution in [0.2, 0.25) is 0 Å². The zero-order valence-corrected chi connectivity index (χ0v) is 13.1. The molecule has 2 aromatic rings. The maximum Gasteiger partial charge on any atom is 0.253 e. The van der Waals surface area contributed by atoms with Gasteiger partial charge in [-0.3, -0.25) is 4.79 Å². The zero-order valence-electron chi connectivity index (χ0n) is 13.1. The normalized spacial score (nSPS) is 13.3. The lowest BCUT2D eigenvalue weighted by atomic mass is 10.0. The standard InChI is InChI=1S/C18H21NO3/c1-13(17(20)14-7-5-4-6-8-14)19(2)18(21)15-9-11-16(22-3)12-10-15/h4-13,17,20H,1-3H3. The molecule has 0 aliphatic heterocycles. The molecule has 2 rings (SSSR count). The van der Waals surface area contributed by atoms with Gasteiger partial charge in [-0.15, -0.1) is 0 Å². The van der Waals surface area contributed by atoms with Crippen molar-refractivity contribution in [3.05, 3.63) is 65.7 Å². The van der Waals surface area contributed by atoms with E-state index in [-0.39, 0.29) is 11.9 Å². The van der Waals surface area contributed by atoms with E-state index in [1.165, 1.54) is 0 Å². The Morgan fingerprint density at radius 3 is 2.23 bits per heavy atom. The van der Waals surface area contributed by atoms with E-state index in [2.05, 4.69) is 0 Å². The molecule has 4 heteroatoms. The SMILES string of the molecule is COc1ccc(C(=O)N(C)C(C)C(O)c2ccccc2)cc1. The van der Waals surface area contributed by atoms with Crippen LogP contribution in [0.1, 0.15) is 28.9 Å². The molecule has 0 heterocycles. The minimum absolute atomic E-state index is 0.134. The third-order valence-corrected chi connectivity index (χ3v) is 3.87. The number of aliphatic hydroxyl groups is 1. The molecule has 0 saturated carbocycles. The zero-order chi connectivity index (χ0) is 16.1. The van der Waals surface area contributed by atoms with Crippen molar-refractivity contribution < 1.29 is 14.6 Å². The number of amides is 1. The molecule has 0 aliphatic rings. The van der Waals surface area contributed by atoms with Gasteiger partial charge in [0, 0.05) is 12.6 Å². The van der Waals surface area contributed by atoms with Gasteiger partial charge < -0.3 is 14.7 Å². The summed E-state index contributed by atoms with van der Waals surface area (Å²) in [6.07, 6.45) is -0.728. The fourth-order valence-electron chi connectivity index (χ4n) is 2.26. The van der Waals surface area contributed by atoms with Crippen molar-refractivity contribution in [2.24, 2.45) is 0 Å². The lowest BCUT2D eigenvalue weighted by Crippen LogP contribution is -2.39. The van der Waals surface area contributed by atoms with Gasteiger partial charge >= 0.3 is 0 Å². The number of aliphatic hydroxyl groups excluding tert-OH is 1. The molecule has 116 valence electrons. The molecular formula is C18H21NO3. The Bertz CT molecular complexity index is 610. The number of rotatable bonds is 5. The van der Waals surface area contributed by atoms with E-state index in [4.69, 9.17) is 4.74 Å². The topological polar surface area (TPSA) is 49.8 Å². The number of hydrogen-bond donors (Lipinski definition) is 1. The van der Waals surface area contributed by atoms with Crippen LogP contribution < -0.4 is 4.74 Å². The summed E-state index contributed by atoms with van der Waals surface area (Å²) < 4.78 is 5.09. The summed E-state index contributed by atoms with van der Waals surface area (Å²) >= 11 is 0. The number of nitrogens with zero attached hydrogens (tertiary/aromatic N) is 1. The fraction of sp³-hybridized carbons (Fsp3) is 0.278. The second kappa shape index (κ2) is 7.09. The van der Waals surface area contributed by atoms with Crippen molar-refractivity contribution in [1.82, 2.24) is 4.90 Å². The maximum atomic E-state index is 12.5. The highest BCUT2D eigenvalue weighted by Crippen LogP contribution is 2.21. The minimum atomic E-state index is -0.728. The Labute approximate surface area is 131 Å². The van der Waals surface area contributed by atoms with E-state index in [1.54, 1.807) is 43.3 Å². The van der Waals surface area contributed by atoms with Gasteiger partial charge in [0.2, 0.25) is 0 Å². The molecule has 2 atom stereocenters. The first kappa shape index (κ1) is 16.0. The monoisotopic (exact) mass is 299 g/mol. The summed E-state index contributed by atoms with van der Waals surface area (Å²) in [7, 11) is 3.28. The molecule has 22 heavy (non-hydrogen) atoms. The molecule has 0 aromatic heterocycles. The Balaban J connectivity index is 2.11. The average molecular weight is 299 g/mol. The predicted octanol–water partition coefficient (Wildman–Crippen LogP) is 2.89. The van der Waals surface area contributed by atoms with Crippen molar-refractivity contribution >= 4 is 5.91 Å². The van der Waals surface area contributed by atoms with E-state index in [9.17, 15) is 9.90 Å². The summed E-state index contributed by atoms with van der Waals surface area (Å²) in [4.78, 5) is 14.1. The molecule has 4 nitrogen and oxygen atoms in total. The first-order valence-corrected chi connectivity index (χ1v) is 7.19. The van der Waals surface area contributed by atoms with Crippen LogP contribution in [-0.4, -0.2) is 36.1 Å². The summed E-state index contributed by atoms with van der Waals surface area (Å²) in [5.41, 5.74) is 1.36. The summed E-state index contributed by atoms with van der Waals surface area (Å²) in [6, 6.07) is 16.0. The molecule has 1 amide bonds. The van der Waals surface area contributed by atoms with E-state index in [0.717, 1.165) is 5.56 Å². The Hall–Kier alpha value is -2.33. The molecule has 0 saturated heterocycles. The Morgan fingerprint density at radius 1 is 1.09 bits per heavy atom. The number of likely N-dealkylation sites (N-methyl/N-ethyl adjacent to an activating group) is 1. The van der Waals surface area contributed by atoms with Gasteiger partial charge in [-0.25, -0.2) is 0 Å². The van der Waals surface area contributed by atoms with Crippen molar-refractivity contribution in [1.29, 1.82) is 0 Å². The van der Waals surface area contributed by atoms with Crippen LogP contribution >= 0.6 is 0 Å². The Kier molecular flexibility index (Phi) is 5.17. The second-order valence-corrected chi connectivity index (χ2v) is 5.24. The highest BCUT2D eigenvalue weighted by molar-refractivity contribution is 5.94. The van der Waals surface area contributed by atoms with Gasteiger partial charge in [0.05, 0.1) is 19.3 Å². The van der Waals surface area contributed by atoms with Crippen LogP contribution in [0.3, 0.4) is 0 Å². The van der Waals surface area contributed by atoms with Crippen LogP contribution in [0, 0.1) is 0 Å². The van der Waals surface area contributed by atoms with Gasteiger partial charge in [0.1, 0.15) is 5.75 Å². The van der Waals surface area contributed by atoms with Crippen molar-refractivity contribution in [2.75, 3.05) is 14.2 Å². The smallest absolute Gasteiger partial charge is 0.253 e. The average Bonchev–Trinajstić information content (AvgIpc) is 2.60. The molecule has 0 aliphatic carbocycles. The first-order valence-electron chi connectivity index (χ1n) is 7.19. The third-order valence-electron chi connectivity index (χ3n) is 3.87. The van der Waals surface area contributed by atoms with Crippen LogP contribution in [0.5, 0.6) is 5.75 Å². The van der Waals surface area contributed by atoms with Crippen molar-refractivity contribution in [3.63, 3.8) is 0 Å². The summed E-state index contributed by atoms with van der Waals surface area (Å²) in [5.74, 6) is 0.571. The molecule has 0 bridgehead atoms. The lowest BCUT2D eigenvalue weighted by molar-refractivity contribution is 0.0487. The molecule has 2 aromatic carbocycles. The molecule has 0 fully saturated rings. The van der Waals surface area contributed by atoms with Gasteiger partial charge in [0.25, 0.3) is 5.91 Å². The highest BCUT2D eigenvalue weighted by Gasteiger charge is 2.24. The second-order valence-electron chi connectivity index (χ2n) is 5.24. The number of methoxy groups -OCH3 is 1. The number of benzene rings is 2. The van der Waals surface area contributed by atoms with Gasteiger partial charge in [0.15, 0.2) is 0 Å². The Morgan fingerprint density at radius 2 is 1.68 bits per heavy atom. The molecular weight excluding hydrogens is 278 g/mol. The molecule has 2 unspecified atom stereocenters. The third kappa shape index (κ3) is 3.46.